The molecular weight excluding hydrogens is 400 g/mol. The third-order valence-electron chi connectivity index (χ3n) is 4.91. The van der Waals surface area contributed by atoms with Crippen LogP contribution in [0.5, 0.6) is 5.75 Å². The van der Waals surface area contributed by atoms with Crippen LogP contribution in [0.1, 0.15) is 39.4 Å². The maximum atomic E-state index is 13.3. The predicted octanol–water partition coefficient (Wildman–Crippen LogP) is 4.82. The van der Waals surface area contributed by atoms with Crippen molar-refractivity contribution < 1.29 is 22.5 Å². The second kappa shape index (κ2) is 9.69. The molecule has 5 nitrogen and oxygen atoms in total. The van der Waals surface area contributed by atoms with Crippen LogP contribution in [0.2, 0.25) is 0 Å². The molecule has 0 saturated carbocycles. The Bertz CT molecular complexity index is 1110. The van der Waals surface area contributed by atoms with Crippen LogP contribution in [0.25, 0.3) is 0 Å². The van der Waals surface area contributed by atoms with Gasteiger partial charge in [0.05, 0.1) is 5.75 Å². The molecule has 1 N–H and O–H groups in total. The van der Waals surface area contributed by atoms with E-state index in [1.54, 1.807) is 24.3 Å². The number of Topliss-reactive ketones (excluding diaryl/α,β-unsaturated/α-hetero) is 1. The quantitative estimate of drug-likeness (QED) is 0.393. The van der Waals surface area contributed by atoms with E-state index in [1.807, 2.05) is 61.5 Å². The van der Waals surface area contributed by atoms with Crippen LogP contribution in [-0.2, 0) is 16.7 Å². The Labute approximate surface area is 177 Å². The molecule has 0 bridgehead atoms. The van der Waals surface area contributed by atoms with Crippen LogP contribution in [-0.4, -0.2) is 24.5 Å². The van der Waals surface area contributed by atoms with Gasteiger partial charge in [-0.3, -0.25) is 9.35 Å². The van der Waals surface area contributed by atoms with Gasteiger partial charge in [0.2, 0.25) is 0 Å². The smallest absolute Gasteiger partial charge is 0.264 e. The predicted molar refractivity (Wildman–Crippen MR) is 116 cm³/mol. The fourth-order valence-electron chi connectivity index (χ4n) is 3.35. The van der Waals surface area contributed by atoms with Crippen LogP contribution in [0.15, 0.2) is 78.9 Å². The van der Waals surface area contributed by atoms with Gasteiger partial charge in [-0.25, -0.2) is 0 Å². The van der Waals surface area contributed by atoms with Gasteiger partial charge in [-0.2, -0.15) is 8.42 Å². The minimum absolute atomic E-state index is 0.00236. The lowest BCUT2D eigenvalue weighted by molar-refractivity contribution is 0.0957. The Balaban J connectivity index is 1.84. The molecule has 3 aromatic carbocycles. The fourth-order valence-corrected chi connectivity index (χ4v) is 3.89. The molecule has 0 unspecified atom stereocenters. The molecule has 30 heavy (non-hydrogen) atoms. The summed E-state index contributed by atoms with van der Waals surface area (Å²) in [5, 5.41) is 0. The highest BCUT2D eigenvalue weighted by molar-refractivity contribution is 7.85. The summed E-state index contributed by atoms with van der Waals surface area (Å²) in [6, 6.07) is 24.0. The van der Waals surface area contributed by atoms with E-state index in [-0.39, 0.29) is 12.2 Å². The van der Waals surface area contributed by atoms with Gasteiger partial charge in [0.25, 0.3) is 10.1 Å². The molecule has 156 valence electrons. The zero-order chi connectivity index (χ0) is 21.6. The van der Waals surface area contributed by atoms with Gasteiger partial charge < -0.3 is 4.74 Å². The molecule has 0 spiro atoms. The largest absolute Gasteiger partial charge is 0.489 e. The number of rotatable bonds is 9. The van der Waals surface area contributed by atoms with E-state index in [1.165, 1.54) is 0 Å². The van der Waals surface area contributed by atoms with Crippen molar-refractivity contribution >= 4 is 15.9 Å². The van der Waals surface area contributed by atoms with Crippen molar-refractivity contribution in [2.75, 3.05) is 5.75 Å². The highest BCUT2D eigenvalue weighted by Gasteiger charge is 2.25. The molecule has 0 aromatic heterocycles. The number of carbonyl (C=O) groups excluding carboxylic acids is 1. The molecule has 6 heteroatoms. The van der Waals surface area contributed by atoms with Crippen LogP contribution < -0.4 is 4.74 Å². The number of aryl methyl sites for hydroxylation is 1. The van der Waals surface area contributed by atoms with Gasteiger partial charge in [0, 0.05) is 11.5 Å². The molecule has 3 rings (SSSR count). The molecule has 0 saturated heterocycles. The molecule has 0 heterocycles. The lowest BCUT2D eigenvalue weighted by Crippen LogP contribution is -2.18. The number of hydrogen-bond acceptors (Lipinski definition) is 4. The molecule has 0 aliphatic heterocycles. The first kappa shape index (κ1) is 21.7. The maximum Gasteiger partial charge on any atom is 0.264 e. The molecule has 3 aromatic rings. The van der Waals surface area contributed by atoms with Crippen molar-refractivity contribution in [2.45, 2.75) is 25.9 Å². The van der Waals surface area contributed by atoms with E-state index in [9.17, 15) is 17.8 Å². The van der Waals surface area contributed by atoms with E-state index in [0.29, 0.717) is 17.9 Å². The summed E-state index contributed by atoms with van der Waals surface area (Å²) in [6.07, 6.45) is -0.00236. The second-order valence-corrected chi connectivity index (χ2v) is 8.72. The van der Waals surface area contributed by atoms with E-state index in [0.717, 1.165) is 16.7 Å². The minimum atomic E-state index is -4.18. The van der Waals surface area contributed by atoms with Crippen molar-refractivity contribution in [3.8, 4) is 5.75 Å². The molecule has 0 fully saturated rings. The Kier molecular flexibility index (Phi) is 7.03. The molecule has 1 atom stereocenters. The summed E-state index contributed by atoms with van der Waals surface area (Å²) in [6.45, 7) is 2.25. The number of benzene rings is 3. The van der Waals surface area contributed by atoms with Crippen molar-refractivity contribution in [1.82, 2.24) is 0 Å². The Hall–Kier alpha value is -2.96. The highest BCUT2D eigenvalue weighted by Crippen LogP contribution is 2.29. The van der Waals surface area contributed by atoms with E-state index < -0.39 is 21.8 Å². The van der Waals surface area contributed by atoms with Gasteiger partial charge in [-0.1, -0.05) is 66.7 Å². The topological polar surface area (TPSA) is 80.7 Å². The Morgan fingerprint density at radius 1 is 0.967 bits per heavy atom. The number of ether oxygens (including phenoxy) is 1. The zero-order valence-corrected chi connectivity index (χ0v) is 17.5. The van der Waals surface area contributed by atoms with Gasteiger partial charge >= 0.3 is 0 Å². The monoisotopic (exact) mass is 424 g/mol. The third kappa shape index (κ3) is 6.02. The van der Waals surface area contributed by atoms with E-state index in [4.69, 9.17) is 4.74 Å². The first-order chi connectivity index (χ1) is 14.3. The van der Waals surface area contributed by atoms with Crippen molar-refractivity contribution in [1.29, 1.82) is 0 Å². The molecular formula is C24H24O5S. The number of ketones is 1. The Morgan fingerprint density at radius 3 is 2.37 bits per heavy atom. The zero-order valence-electron chi connectivity index (χ0n) is 16.7. The fraction of sp³-hybridized carbons (Fsp3) is 0.208. The standard InChI is InChI=1S/C24H24O5S/c1-18-8-5-6-13-22(18)23(14-15-30(26,27)28)24(25)20-11-7-12-21(16-20)29-17-19-9-3-2-4-10-19/h2-13,16,23H,14-15,17H2,1H3,(H,26,27,28)/t23-/m0/s1. The molecule has 0 radical (unpaired) electrons. The number of carbonyl (C=O) groups is 1. The normalized spacial score (nSPS) is 12.3. The summed E-state index contributed by atoms with van der Waals surface area (Å²) >= 11 is 0. The number of hydrogen-bond donors (Lipinski definition) is 1. The summed E-state index contributed by atoms with van der Waals surface area (Å²) in [5.74, 6) is -0.819. The van der Waals surface area contributed by atoms with Crippen molar-refractivity contribution in [2.24, 2.45) is 0 Å². The van der Waals surface area contributed by atoms with Crippen molar-refractivity contribution in [3.05, 3.63) is 101 Å². The summed E-state index contributed by atoms with van der Waals surface area (Å²) in [5.41, 5.74) is 3.09. The first-order valence-electron chi connectivity index (χ1n) is 9.65. The van der Waals surface area contributed by atoms with Crippen LogP contribution in [0.4, 0.5) is 0 Å². The van der Waals surface area contributed by atoms with Gasteiger partial charge in [-0.05, 0) is 42.2 Å². The molecule has 0 aliphatic rings. The SMILES string of the molecule is Cc1ccccc1[C@H](CCS(=O)(=O)O)C(=O)c1cccc(OCc2ccccc2)c1. The minimum Gasteiger partial charge on any atom is -0.489 e. The van der Waals surface area contributed by atoms with Crippen LogP contribution >= 0.6 is 0 Å². The highest BCUT2D eigenvalue weighted by atomic mass is 32.2. The second-order valence-electron chi connectivity index (χ2n) is 7.15. The summed E-state index contributed by atoms with van der Waals surface area (Å²) < 4.78 is 37.6. The first-order valence-corrected chi connectivity index (χ1v) is 11.3. The van der Waals surface area contributed by atoms with Gasteiger partial charge in [0.15, 0.2) is 5.78 Å². The third-order valence-corrected chi connectivity index (χ3v) is 5.66. The lowest BCUT2D eigenvalue weighted by Gasteiger charge is -2.18. The van der Waals surface area contributed by atoms with Crippen LogP contribution in [0, 0.1) is 6.92 Å². The molecule has 0 aliphatic carbocycles. The van der Waals surface area contributed by atoms with Crippen molar-refractivity contribution in [3.63, 3.8) is 0 Å². The van der Waals surface area contributed by atoms with E-state index >= 15 is 0 Å². The maximum absolute atomic E-state index is 13.3. The van der Waals surface area contributed by atoms with Crippen LogP contribution in [0.3, 0.4) is 0 Å². The summed E-state index contributed by atoms with van der Waals surface area (Å²) in [4.78, 5) is 13.3. The van der Waals surface area contributed by atoms with Gasteiger partial charge in [0.1, 0.15) is 12.4 Å². The summed E-state index contributed by atoms with van der Waals surface area (Å²) in [7, 11) is -4.18. The molecule has 0 amide bonds. The average Bonchev–Trinajstić information content (AvgIpc) is 2.73. The average molecular weight is 425 g/mol. The van der Waals surface area contributed by atoms with Gasteiger partial charge in [-0.15, -0.1) is 0 Å². The lowest BCUT2D eigenvalue weighted by atomic mass is 9.86. The van der Waals surface area contributed by atoms with E-state index in [2.05, 4.69) is 0 Å². The Morgan fingerprint density at radius 2 is 1.67 bits per heavy atom.